The third-order valence-electron chi connectivity index (χ3n) is 2.10. The minimum absolute atomic E-state index is 0.284. The Hall–Kier alpha value is -0.930. The van der Waals surface area contributed by atoms with Gasteiger partial charge in [0.1, 0.15) is 5.82 Å². The van der Waals surface area contributed by atoms with Crippen molar-refractivity contribution in [1.82, 2.24) is 0 Å². The second-order valence-corrected chi connectivity index (χ2v) is 3.28. The number of aliphatic hydroxyl groups is 1. The Bertz CT molecular complexity index is 299. The fourth-order valence-electron chi connectivity index (χ4n) is 1.09. The summed E-state index contributed by atoms with van der Waals surface area (Å²) in [4.78, 5) is 0. The number of nitrogens with two attached hydrogens (primary N) is 1. The molecule has 0 aliphatic heterocycles. The summed E-state index contributed by atoms with van der Waals surface area (Å²) in [5.74, 6) is -0.284. The van der Waals surface area contributed by atoms with E-state index in [9.17, 15) is 9.50 Å². The van der Waals surface area contributed by atoms with Crippen molar-refractivity contribution < 1.29 is 9.50 Å². The van der Waals surface area contributed by atoms with E-state index in [2.05, 4.69) is 0 Å². The zero-order valence-electron chi connectivity index (χ0n) is 7.79. The molecule has 0 bridgehead atoms. The maximum absolute atomic E-state index is 13.1. The second kappa shape index (κ2) is 3.85. The summed E-state index contributed by atoms with van der Waals surface area (Å²) in [6.45, 7) is 3.27. The normalized spacial score (nSPS) is 15.5. The Morgan fingerprint density at radius 1 is 1.46 bits per heavy atom. The molecule has 0 saturated carbocycles. The molecule has 2 nitrogen and oxygen atoms in total. The molecular weight excluding hydrogens is 169 g/mol. The molecular formula is C10H14FNO. The predicted octanol–water partition coefficient (Wildman–Crippen LogP) is 1.51. The molecule has 0 aliphatic rings. The number of rotatable bonds is 2. The van der Waals surface area contributed by atoms with E-state index in [1.54, 1.807) is 26.0 Å². The summed E-state index contributed by atoms with van der Waals surface area (Å²) < 4.78 is 13.1. The van der Waals surface area contributed by atoms with Crippen LogP contribution in [0.1, 0.15) is 24.1 Å². The molecule has 72 valence electrons. The first-order valence-electron chi connectivity index (χ1n) is 4.22. The Balaban J connectivity index is 2.97. The van der Waals surface area contributed by atoms with Crippen molar-refractivity contribution in [2.24, 2.45) is 5.73 Å². The van der Waals surface area contributed by atoms with E-state index < -0.39 is 12.1 Å². The van der Waals surface area contributed by atoms with Gasteiger partial charge < -0.3 is 10.8 Å². The van der Waals surface area contributed by atoms with Gasteiger partial charge in [-0.3, -0.25) is 0 Å². The topological polar surface area (TPSA) is 46.2 Å². The molecule has 3 N–H and O–H groups in total. The Kier molecular flexibility index (Phi) is 3.01. The molecule has 3 heteroatoms. The van der Waals surface area contributed by atoms with Gasteiger partial charge in [0.15, 0.2) is 0 Å². The largest absolute Gasteiger partial charge is 0.391 e. The summed E-state index contributed by atoms with van der Waals surface area (Å²) in [6.07, 6.45) is -0.665. The van der Waals surface area contributed by atoms with Crippen LogP contribution in [-0.2, 0) is 0 Å². The number of halogens is 1. The molecule has 0 amide bonds. The van der Waals surface area contributed by atoms with E-state index >= 15 is 0 Å². The maximum atomic E-state index is 13.1. The van der Waals surface area contributed by atoms with Gasteiger partial charge in [-0.15, -0.1) is 0 Å². The van der Waals surface area contributed by atoms with Gasteiger partial charge in [0, 0.05) is 0 Å². The summed E-state index contributed by atoms with van der Waals surface area (Å²) in [5.41, 5.74) is 6.85. The monoisotopic (exact) mass is 183 g/mol. The Labute approximate surface area is 77.2 Å². The van der Waals surface area contributed by atoms with Crippen LogP contribution >= 0.6 is 0 Å². The highest BCUT2D eigenvalue weighted by molar-refractivity contribution is 5.26. The van der Waals surface area contributed by atoms with Gasteiger partial charge in [-0.2, -0.15) is 0 Å². The van der Waals surface area contributed by atoms with Crippen molar-refractivity contribution in [3.8, 4) is 0 Å². The van der Waals surface area contributed by atoms with E-state index in [1.165, 1.54) is 6.07 Å². The lowest BCUT2D eigenvalue weighted by molar-refractivity contribution is 0.164. The van der Waals surface area contributed by atoms with Crippen LogP contribution in [0.15, 0.2) is 18.2 Å². The van der Waals surface area contributed by atoms with Crippen LogP contribution in [0.3, 0.4) is 0 Å². The maximum Gasteiger partial charge on any atom is 0.126 e. The molecule has 0 spiro atoms. The lowest BCUT2D eigenvalue weighted by atomic mass is 10.0. The number of benzene rings is 1. The summed E-state index contributed by atoms with van der Waals surface area (Å²) in [5, 5.41) is 9.19. The Morgan fingerprint density at radius 2 is 2.08 bits per heavy atom. The van der Waals surface area contributed by atoms with Crippen molar-refractivity contribution >= 4 is 0 Å². The van der Waals surface area contributed by atoms with Gasteiger partial charge >= 0.3 is 0 Å². The molecule has 1 unspecified atom stereocenters. The molecule has 13 heavy (non-hydrogen) atoms. The quantitative estimate of drug-likeness (QED) is 0.730. The third-order valence-corrected chi connectivity index (χ3v) is 2.10. The van der Waals surface area contributed by atoms with Crippen molar-refractivity contribution in [3.05, 3.63) is 35.1 Å². The zero-order valence-corrected chi connectivity index (χ0v) is 7.79. The lowest BCUT2D eigenvalue weighted by Gasteiger charge is -2.15. The summed E-state index contributed by atoms with van der Waals surface area (Å²) >= 11 is 0. The molecule has 2 atom stereocenters. The summed E-state index contributed by atoms with van der Waals surface area (Å²) in [7, 11) is 0. The molecule has 0 saturated heterocycles. The predicted molar refractivity (Wildman–Crippen MR) is 49.7 cm³/mol. The van der Waals surface area contributed by atoms with Crippen molar-refractivity contribution in [2.45, 2.75) is 26.0 Å². The average molecular weight is 183 g/mol. The number of hydrogen-bond acceptors (Lipinski definition) is 2. The van der Waals surface area contributed by atoms with Crippen LogP contribution in [-0.4, -0.2) is 11.2 Å². The zero-order chi connectivity index (χ0) is 10.0. The van der Waals surface area contributed by atoms with E-state index in [4.69, 9.17) is 5.73 Å². The average Bonchev–Trinajstić information content (AvgIpc) is 2.08. The van der Waals surface area contributed by atoms with Crippen LogP contribution in [0.4, 0.5) is 4.39 Å². The van der Waals surface area contributed by atoms with Gasteiger partial charge in [0.05, 0.1) is 12.1 Å². The molecule has 0 radical (unpaired) electrons. The fraction of sp³-hybridized carbons (Fsp3) is 0.400. The van der Waals surface area contributed by atoms with Gasteiger partial charge in [-0.25, -0.2) is 4.39 Å². The highest BCUT2D eigenvalue weighted by atomic mass is 19.1. The third kappa shape index (κ3) is 2.26. The minimum Gasteiger partial charge on any atom is -0.391 e. The van der Waals surface area contributed by atoms with E-state index in [0.717, 1.165) is 0 Å². The highest BCUT2D eigenvalue weighted by Gasteiger charge is 2.12. The highest BCUT2D eigenvalue weighted by Crippen LogP contribution is 2.17. The van der Waals surface area contributed by atoms with Crippen LogP contribution in [0.5, 0.6) is 0 Å². The van der Waals surface area contributed by atoms with Crippen LogP contribution in [0, 0.1) is 12.7 Å². The van der Waals surface area contributed by atoms with Gasteiger partial charge in [-0.1, -0.05) is 12.1 Å². The van der Waals surface area contributed by atoms with Crippen LogP contribution in [0.25, 0.3) is 0 Å². The van der Waals surface area contributed by atoms with Gasteiger partial charge in [0.25, 0.3) is 0 Å². The number of hydrogen-bond donors (Lipinski definition) is 2. The van der Waals surface area contributed by atoms with Gasteiger partial charge in [0.2, 0.25) is 0 Å². The first-order valence-corrected chi connectivity index (χ1v) is 4.22. The van der Waals surface area contributed by atoms with Crippen molar-refractivity contribution in [2.75, 3.05) is 0 Å². The minimum atomic E-state index is -0.665. The SMILES string of the molecule is Cc1ccc([C@H](N)C(C)O)cc1F. The molecule has 0 aliphatic carbocycles. The molecule has 1 aromatic rings. The first-order chi connectivity index (χ1) is 6.02. The number of aliphatic hydroxyl groups excluding tert-OH is 1. The lowest BCUT2D eigenvalue weighted by Crippen LogP contribution is -2.23. The molecule has 1 aromatic carbocycles. The van der Waals surface area contributed by atoms with Crippen LogP contribution < -0.4 is 5.73 Å². The number of aryl methyl sites for hydroxylation is 1. The summed E-state index contributed by atoms with van der Waals surface area (Å²) in [6, 6.07) is 4.24. The molecule has 0 heterocycles. The fourth-order valence-corrected chi connectivity index (χ4v) is 1.09. The van der Waals surface area contributed by atoms with Crippen molar-refractivity contribution in [1.29, 1.82) is 0 Å². The standard InChI is InChI=1S/C10H14FNO/c1-6-3-4-8(5-9(6)11)10(12)7(2)13/h3-5,7,10,13H,12H2,1-2H3/t7?,10-/m1/s1. The Morgan fingerprint density at radius 3 is 2.54 bits per heavy atom. The van der Waals surface area contributed by atoms with E-state index in [0.29, 0.717) is 11.1 Å². The van der Waals surface area contributed by atoms with E-state index in [-0.39, 0.29) is 5.82 Å². The molecule has 0 fully saturated rings. The second-order valence-electron chi connectivity index (χ2n) is 3.28. The van der Waals surface area contributed by atoms with Gasteiger partial charge in [-0.05, 0) is 31.0 Å². The smallest absolute Gasteiger partial charge is 0.126 e. The first kappa shape index (κ1) is 10.2. The van der Waals surface area contributed by atoms with Crippen LogP contribution in [0.2, 0.25) is 0 Å². The van der Waals surface area contributed by atoms with E-state index in [1.807, 2.05) is 0 Å². The molecule has 1 rings (SSSR count). The molecule has 0 aromatic heterocycles. The van der Waals surface area contributed by atoms with Crippen molar-refractivity contribution in [3.63, 3.8) is 0 Å².